The smallest absolute Gasteiger partial charge is 0.354 e. The zero-order chi connectivity index (χ0) is 13.0. The first-order chi connectivity index (χ1) is 7.95. The molecule has 1 aromatic rings. The van der Waals surface area contributed by atoms with Crippen LogP contribution in [0.25, 0.3) is 0 Å². The van der Waals surface area contributed by atoms with Gasteiger partial charge in [-0.05, 0) is 18.2 Å². The first-order valence-electron chi connectivity index (χ1n) is 4.50. The molecular formula is C11H9Cl2NO3. The van der Waals surface area contributed by atoms with Gasteiger partial charge in [0.1, 0.15) is 5.70 Å². The first kappa shape index (κ1) is 13.5. The van der Waals surface area contributed by atoms with Crippen LogP contribution in [0.5, 0.6) is 0 Å². The maximum Gasteiger partial charge on any atom is 0.354 e. The van der Waals surface area contributed by atoms with Crippen molar-refractivity contribution in [1.82, 2.24) is 0 Å². The van der Waals surface area contributed by atoms with Gasteiger partial charge in [0.05, 0.1) is 17.2 Å². The van der Waals surface area contributed by atoms with Crippen molar-refractivity contribution in [1.29, 1.82) is 0 Å². The van der Waals surface area contributed by atoms with Gasteiger partial charge in [0.25, 0.3) is 0 Å². The second-order valence-electron chi connectivity index (χ2n) is 3.08. The molecule has 0 aliphatic carbocycles. The van der Waals surface area contributed by atoms with Crippen LogP contribution in [0.3, 0.4) is 0 Å². The Hall–Kier alpha value is -1.52. The fraction of sp³-hybridized carbons (Fsp3) is 0.0909. The van der Waals surface area contributed by atoms with E-state index in [-0.39, 0.29) is 16.3 Å². The quantitative estimate of drug-likeness (QED) is 0.521. The zero-order valence-electron chi connectivity index (χ0n) is 8.87. The maximum atomic E-state index is 11.7. The van der Waals surface area contributed by atoms with Crippen LogP contribution in [0.4, 0.5) is 0 Å². The summed E-state index contributed by atoms with van der Waals surface area (Å²) < 4.78 is 4.36. The Morgan fingerprint density at radius 1 is 1.29 bits per heavy atom. The minimum absolute atomic E-state index is 0.252. The Balaban J connectivity index is 2.98. The normalized spacial score (nSPS) is 11.1. The van der Waals surface area contributed by atoms with E-state index < -0.39 is 11.8 Å². The van der Waals surface area contributed by atoms with Gasteiger partial charge in [-0.1, -0.05) is 23.2 Å². The number of esters is 1. The summed E-state index contributed by atoms with van der Waals surface area (Å²) in [6.07, 6.45) is 0.978. The molecule has 0 unspecified atom stereocenters. The molecule has 0 atom stereocenters. The molecular weight excluding hydrogens is 265 g/mol. The minimum Gasteiger partial charge on any atom is -0.464 e. The standard InChI is InChI=1S/C11H9Cl2NO3/c1-17-11(16)9(14)5-10(15)6-2-3-7(12)8(13)4-6/h2-5H,14H2,1H3/b9-5-. The molecule has 0 heterocycles. The van der Waals surface area contributed by atoms with Gasteiger partial charge in [0, 0.05) is 11.6 Å². The van der Waals surface area contributed by atoms with Gasteiger partial charge in [-0.3, -0.25) is 4.79 Å². The summed E-state index contributed by atoms with van der Waals surface area (Å²) in [5.74, 6) is -1.22. The van der Waals surface area contributed by atoms with Crippen LogP contribution >= 0.6 is 23.2 Å². The summed E-state index contributed by atoms with van der Waals surface area (Å²) in [7, 11) is 1.17. The first-order valence-corrected chi connectivity index (χ1v) is 5.26. The SMILES string of the molecule is COC(=O)/C(N)=C/C(=O)c1ccc(Cl)c(Cl)c1. The molecule has 0 aliphatic heterocycles. The summed E-state index contributed by atoms with van der Waals surface area (Å²) in [5, 5.41) is 0.593. The number of nitrogens with two attached hydrogens (primary N) is 1. The topological polar surface area (TPSA) is 69.4 Å². The van der Waals surface area contributed by atoms with Crippen molar-refractivity contribution in [3.05, 3.63) is 45.6 Å². The largest absolute Gasteiger partial charge is 0.464 e. The summed E-state index contributed by atoms with van der Waals surface area (Å²) >= 11 is 11.5. The third kappa shape index (κ3) is 3.47. The van der Waals surface area contributed by atoms with Crippen molar-refractivity contribution in [3.8, 4) is 0 Å². The molecule has 0 aromatic heterocycles. The van der Waals surface area contributed by atoms with Gasteiger partial charge in [-0.15, -0.1) is 0 Å². The van der Waals surface area contributed by atoms with Crippen molar-refractivity contribution >= 4 is 35.0 Å². The average molecular weight is 274 g/mol. The van der Waals surface area contributed by atoms with Gasteiger partial charge in [-0.25, -0.2) is 4.79 Å². The van der Waals surface area contributed by atoms with Crippen LogP contribution in [0.2, 0.25) is 10.0 Å². The fourth-order valence-corrected chi connectivity index (χ4v) is 1.35. The number of hydrogen-bond acceptors (Lipinski definition) is 4. The molecule has 17 heavy (non-hydrogen) atoms. The second kappa shape index (κ2) is 5.70. The van der Waals surface area contributed by atoms with Gasteiger partial charge >= 0.3 is 5.97 Å². The number of ketones is 1. The zero-order valence-corrected chi connectivity index (χ0v) is 10.4. The van der Waals surface area contributed by atoms with Crippen LogP contribution in [-0.4, -0.2) is 18.9 Å². The number of halogens is 2. The van der Waals surface area contributed by atoms with Gasteiger partial charge in [0.2, 0.25) is 0 Å². The number of ether oxygens (including phenoxy) is 1. The Morgan fingerprint density at radius 3 is 2.47 bits per heavy atom. The molecule has 4 nitrogen and oxygen atoms in total. The van der Waals surface area contributed by atoms with E-state index >= 15 is 0 Å². The van der Waals surface area contributed by atoms with E-state index in [1.807, 2.05) is 0 Å². The fourth-order valence-electron chi connectivity index (χ4n) is 1.05. The van der Waals surface area contributed by atoms with Crippen LogP contribution in [-0.2, 0) is 9.53 Å². The molecule has 0 saturated carbocycles. The third-order valence-corrected chi connectivity index (χ3v) is 2.65. The number of methoxy groups -OCH3 is 1. The van der Waals surface area contributed by atoms with Crippen molar-refractivity contribution in [2.75, 3.05) is 7.11 Å². The number of rotatable bonds is 3. The monoisotopic (exact) mass is 273 g/mol. The van der Waals surface area contributed by atoms with Crippen molar-refractivity contribution in [2.24, 2.45) is 5.73 Å². The van der Waals surface area contributed by atoms with E-state index in [0.717, 1.165) is 6.08 Å². The number of allylic oxidation sites excluding steroid dienone is 1. The number of hydrogen-bond donors (Lipinski definition) is 1. The Kier molecular flexibility index (Phi) is 4.54. The minimum atomic E-state index is -0.765. The van der Waals surface area contributed by atoms with E-state index in [4.69, 9.17) is 28.9 Å². The predicted molar refractivity (Wildman–Crippen MR) is 65.1 cm³/mol. The summed E-state index contributed by atoms with van der Waals surface area (Å²) in [6, 6.07) is 4.37. The van der Waals surface area contributed by atoms with Crippen LogP contribution < -0.4 is 5.73 Å². The van der Waals surface area contributed by atoms with Gasteiger partial charge < -0.3 is 10.5 Å². The molecule has 0 radical (unpaired) electrons. The highest BCUT2D eigenvalue weighted by atomic mass is 35.5. The van der Waals surface area contributed by atoms with Gasteiger partial charge in [-0.2, -0.15) is 0 Å². The molecule has 6 heteroatoms. The molecule has 0 amide bonds. The van der Waals surface area contributed by atoms with Crippen LogP contribution in [0, 0.1) is 0 Å². The number of benzene rings is 1. The van der Waals surface area contributed by atoms with E-state index in [2.05, 4.69) is 4.74 Å². The lowest BCUT2D eigenvalue weighted by atomic mass is 10.1. The van der Waals surface area contributed by atoms with Crippen molar-refractivity contribution in [2.45, 2.75) is 0 Å². The Morgan fingerprint density at radius 2 is 1.94 bits per heavy atom. The molecule has 1 aromatic carbocycles. The van der Waals surface area contributed by atoms with Crippen molar-refractivity contribution < 1.29 is 14.3 Å². The molecule has 1 rings (SSSR count). The van der Waals surface area contributed by atoms with Crippen LogP contribution in [0.1, 0.15) is 10.4 Å². The molecule has 90 valence electrons. The number of carbonyl (C=O) groups excluding carboxylic acids is 2. The predicted octanol–water partition coefficient (Wildman–Crippen LogP) is 2.19. The molecule has 0 saturated heterocycles. The van der Waals surface area contributed by atoms with E-state index in [0.29, 0.717) is 5.02 Å². The lowest BCUT2D eigenvalue weighted by Crippen LogP contribution is -2.14. The van der Waals surface area contributed by atoms with E-state index in [1.54, 1.807) is 0 Å². The highest BCUT2D eigenvalue weighted by molar-refractivity contribution is 6.42. The summed E-state index contributed by atoms with van der Waals surface area (Å²) in [4.78, 5) is 22.7. The lowest BCUT2D eigenvalue weighted by Gasteiger charge is -2.01. The lowest BCUT2D eigenvalue weighted by molar-refractivity contribution is -0.136. The molecule has 0 bridgehead atoms. The molecule has 0 fully saturated rings. The van der Waals surface area contributed by atoms with E-state index in [1.165, 1.54) is 25.3 Å². The van der Waals surface area contributed by atoms with Crippen molar-refractivity contribution in [3.63, 3.8) is 0 Å². The summed E-state index contributed by atoms with van der Waals surface area (Å²) in [6.45, 7) is 0. The molecule has 2 N–H and O–H groups in total. The van der Waals surface area contributed by atoms with E-state index in [9.17, 15) is 9.59 Å². The highest BCUT2D eigenvalue weighted by Crippen LogP contribution is 2.22. The third-order valence-electron chi connectivity index (χ3n) is 1.91. The highest BCUT2D eigenvalue weighted by Gasteiger charge is 2.10. The maximum absolute atomic E-state index is 11.7. The average Bonchev–Trinajstić information content (AvgIpc) is 2.31. The molecule has 0 aliphatic rings. The summed E-state index contributed by atoms with van der Waals surface area (Å²) in [5.41, 5.74) is 5.35. The number of carbonyl (C=O) groups is 2. The Labute approximate surface area is 108 Å². The van der Waals surface area contributed by atoms with Crippen LogP contribution in [0.15, 0.2) is 30.0 Å². The second-order valence-corrected chi connectivity index (χ2v) is 3.90. The Bertz CT molecular complexity index is 497. The van der Waals surface area contributed by atoms with Gasteiger partial charge in [0.15, 0.2) is 5.78 Å². The molecule has 0 spiro atoms.